The molecule has 0 amide bonds. The summed E-state index contributed by atoms with van der Waals surface area (Å²) in [6, 6.07) is 2.31. The van der Waals surface area contributed by atoms with E-state index in [-0.39, 0.29) is 6.54 Å². The number of nitrogens with one attached hydrogen (secondary N) is 2. The van der Waals surface area contributed by atoms with Gasteiger partial charge in [-0.2, -0.15) is 0 Å². The fourth-order valence-corrected chi connectivity index (χ4v) is 2.43. The number of nitrogens with zero attached hydrogens (tertiary/aromatic N) is 1. The minimum absolute atomic E-state index is 0.0768. The highest BCUT2D eigenvalue weighted by molar-refractivity contribution is 7.89. The lowest BCUT2D eigenvalue weighted by molar-refractivity contribution is -0.388. The molecule has 0 aliphatic rings. The second-order valence-electron chi connectivity index (χ2n) is 3.37. The van der Waals surface area contributed by atoms with E-state index >= 15 is 0 Å². The summed E-state index contributed by atoms with van der Waals surface area (Å²) in [6.07, 6.45) is 0. The predicted octanol–water partition coefficient (Wildman–Crippen LogP) is 0.232. The van der Waals surface area contributed by atoms with Crippen LogP contribution in [0.5, 0.6) is 0 Å². The molecule has 1 aromatic rings. The van der Waals surface area contributed by atoms with Crippen molar-refractivity contribution in [2.24, 2.45) is 0 Å². The van der Waals surface area contributed by atoms with Crippen LogP contribution in [0.1, 0.15) is 0 Å². The van der Waals surface area contributed by atoms with Crippen LogP contribution in [0.2, 0.25) is 0 Å². The van der Waals surface area contributed by atoms with E-state index in [0.717, 1.165) is 12.1 Å². The number of hydrogen-bond acceptors (Lipinski definition) is 5. The van der Waals surface area contributed by atoms with Crippen LogP contribution < -0.4 is 10.0 Å². The zero-order valence-corrected chi connectivity index (χ0v) is 10.3. The first kappa shape index (κ1) is 14.5. The monoisotopic (exact) mass is 277 g/mol. The molecule has 0 saturated carbocycles. The molecule has 0 bridgehead atoms. The Hall–Kier alpha value is -1.58. The molecule has 0 aromatic heterocycles. The van der Waals surface area contributed by atoms with Crippen LogP contribution in [0.15, 0.2) is 23.1 Å². The summed E-state index contributed by atoms with van der Waals surface area (Å²) in [7, 11) is -2.39. The molecule has 0 unspecified atom stereocenters. The van der Waals surface area contributed by atoms with Crippen LogP contribution in [-0.4, -0.2) is 33.5 Å². The molecule has 0 aliphatic heterocycles. The van der Waals surface area contributed by atoms with E-state index in [0.29, 0.717) is 12.6 Å². The number of sulfonamides is 1. The fraction of sp³-hybridized carbons (Fsp3) is 0.333. The molecule has 1 rings (SSSR count). The van der Waals surface area contributed by atoms with Crippen LogP contribution in [0, 0.1) is 15.9 Å². The smallest absolute Gasteiger partial charge is 0.292 e. The van der Waals surface area contributed by atoms with E-state index in [1.165, 1.54) is 0 Å². The van der Waals surface area contributed by atoms with Crippen LogP contribution in [0.4, 0.5) is 10.1 Å². The summed E-state index contributed by atoms with van der Waals surface area (Å²) >= 11 is 0. The second-order valence-corrected chi connectivity index (χ2v) is 5.11. The zero-order valence-electron chi connectivity index (χ0n) is 9.51. The maximum atomic E-state index is 12.9. The fourth-order valence-electron chi connectivity index (χ4n) is 1.25. The van der Waals surface area contributed by atoms with Crippen molar-refractivity contribution in [2.45, 2.75) is 4.90 Å². The molecule has 2 N–H and O–H groups in total. The van der Waals surface area contributed by atoms with Crippen molar-refractivity contribution in [3.63, 3.8) is 0 Å². The van der Waals surface area contributed by atoms with E-state index in [4.69, 9.17) is 0 Å². The van der Waals surface area contributed by atoms with Crippen LogP contribution in [-0.2, 0) is 10.0 Å². The molecule has 0 saturated heterocycles. The average molecular weight is 277 g/mol. The first-order chi connectivity index (χ1) is 8.38. The van der Waals surface area contributed by atoms with Gasteiger partial charge in [0.15, 0.2) is 4.90 Å². The van der Waals surface area contributed by atoms with Crippen molar-refractivity contribution < 1.29 is 17.7 Å². The summed E-state index contributed by atoms with van der Waals surface area (Å²) in [4.78, 5) is 9.20. The standard InChI is InChI=1S/C9H12FN3O4S/c1-11-4-5-12-18(16,17)9-3-2-7(10)6-8(9)13(14)15/h2-3,6,11-12H,4-5H2,1H3. The lowest BCUT2D eigenvalue weighted by Gasteiger charge is -2.06. The molecule has 18 heavy (non-hydrogen) atoms. The summed E-state index contributed by atoms with van der Waals surface area (Å²) in [5.41, 5.74) is -0.785. The maximum Gasteiger partial charge on any atom is 0.292 e. The van der Waals surface area contributed by atoms with Crippen LogP contribution in [0.3, 0.4) is 0 Å². The van der Waals surface area contributed by atoms with Gasteiger partial charge in [-0.15, -0.1) is 0 Å². The summed E-state index contributed by atoms with van der Waals surface area (Å²) in [5, 5.41) is 13.4. The molecule has 100 valence electrons. The van der Waals surface area contributed by atoms with Gasteiger partial charge in [0, 0.05) is 13.1 Å². The number of nitro groups is 1. The highest BCUT2D eigenvalue weighted by Gasteiger charge is 2.25. The number of nitro benzene ring substituents is 1. The van der Waals surface area contributed by atoms with Crippen molar-refractivity contribution in [1.29, 1.82) is 0 Å². The largest absolute Gasteiger partial charge is 0.318 e. The van der Waals surface area contributed by atoms with Gasteiger partial charge in [0.05, 0.1) is 11.0 Å². The third kappa shape index (κ3) is 3.45. The van der Waals surface area contributed by atoms with Gasteiger partial charge in [-0.05, 0) is 19.2 Å². The summed E-state index contributed by atoms with van der Waals surface area (Å²) in [6.45, 7) is 0.446. The lowest BCUT2D eigenvalue weighted by Crippen LogP contribution is -2.30. The van der Waals surface area contributed by atoms with Gasteiger partial charge in [-0.3, -0.25) is 10.1 Å². The number of likely N-dealkylation sites (N-methyl/N-ethyl adjacent to an activating group) is 1. The van der Waals surface area contributed by atoms with Gasteiger partial charge in [0.1, 0.15) is 5.82 Å². The van der Waals surface area contributed by atoms with E-state index in [1.807, 2.05) is 0 Å². The van der Waals surface area contributed by atoms with Crippen molar-refractivity contribution in [3.05, 3.63) is 34.1 Å². The van der Waals surface area contributed by atoms with E-state index in [9.17, 15) is 22.9 Å². The Bertz CT molecular complexity index is 547. The minimum Gasteiger partial charge on any atom is -0.318 e. The summed E-state index contributed by atoms with van der Waals surface area (Å²) in [5.74, 6) is -0.865. The third-order valence-electron chi connectivity index (χ3n) is 2.07. The molecule has 0 atom stereocenters. The zero-order chi connectivity index (χ0) is 13.8. The molecule has 1 aromatic carbocycles. The first-order valence-electron chi connectivity index (χ1n) is 4.96. The van der Waals surface area contributed by atoms with Crippen molar-refractivity contribution >= 4 is 15.7 Å². The quantitative estimate of drug-likeness (QED) is 0.440. The first-order valence-corrected chi connectivity index (χ1v) is 6.45. The Morgan fingerprint density at radius 1 is 1.39 bits per heavy atom. The highest BCUT2D eigenvalue weighted by Crippen LogP contribution is 2.24. The Balaban J connectivity index is 3.12. The molecular formula is C9H12FN3O4S. The number of hydrogen-bond donors (Lipinski definition) is 2. The Morgan fingerprint density at radius 2 is 2.06 bits per heavy atom. The van der Waals surface area contributed by atoms with Gasteiger partial charge in [0.25, 0.3) is 5.69 Å². The van der Waals surface area contributed by atoms with Crippen molar-refractivity contribution in [1.82, 2.24) is 10.0 Å². The number of benzene rings is 1. The number of rotatable bonds is 6. The van der Waals surface area contributed by atoms with Gasteiger partial charge in [-0.25, -0.2) is 17.5 Å². The van der Waals surface area contributed by atoms with E-state index in [1.54, 1.807) is 7.05 Å². The second kappa shape index (κ2) is 5.85. The van der Waals surface area contributed by atoms with E-state index in [2.05, 4.69) is 10.0 Å². The van der Waals surface area contributed by atoms with Crippen molar-refractivity contribution in [2.75, 3.05) is 20.1 Å². The Labute approximate surface area is 103 Å². The molecule has 0 heterocycles. The summed E-state index contributed by atoms with van der Waals surface area (Å²) < 4.78 is 38.6. The average Bonchev–Trinajstić information content (AvgIpc) is 2.28. The molecule has 7 nitrogen and oxygen atoms in total. The molecule has 0 aliphatic carbocycles. The molecular weight excluding hydrogens is 265 g/mol. The molecule has 0 fully saturated rings. The van der Waals surface area contributed by atoms with Crippen LogP contribution >= 0.6 is 0 Å². The van der Waals surface area contributed by atoms with Gasteiger partial charge in [0.2, 0.25) is 10.0 Å². The predicted molar refractivity (Wildman–Crippen MR) is 62.2 cm³/mol. The highest BCUT2D eigenvalue weighted by atomic mass is 32.2. The Kier molecular flexibility index (Phi) is 4.70. The molecule has 9 heteroatoms. The maximum absolute atomic E-state index is 12.9. The van der Waals surface area contributed by atoms with Crippen molar-refractivity contribution in [3.8, 4) is 0 Å². The topological polar surface area (TPSA) is 101 Å². The normalized spacial score (nSPS) is 11.4. The van der Waals surface area contributed by atoms with Gasteiger partial charge >= 0.3 is 0 Å². The van der Waals surface area contributed by atoms with Gasteiger partial charge in [-0.1, -0.05) is 0 Å². The van der Waals surface area contributed by atoms with E-state index < -0.39 is 31.3 Å². The SMILES string of the molecule is CNCCNS(=O)(=O)c1ccc(F)cc1[N+](=O)[O-]. The number of halogens is 1. The minimum atomic E-state index is -4.02. The van der Waals surface area contributed by atoms with Gasteiger partial charge < -0.3 is 5.32 Å². The Morgan fingerprint density at radius 3 is 2.61 bits per heavy atom. The molecule has 0 radical (unpaired) electrons. The molecule has 0 spiro atoms. The third-order valence-corrected chi connectivity index (χ3v) is 3.58. The lowest BCUT2D eigenvalue weighted by atomic mass is 10.3. The van der Waals surface area contributed by atoms with Crippen LogP contribution in [0.25, 0.3) is 0 Å².